The van der Waals surface area contributed by atoms with Gasteiger partial charge in [-0.25, -0.2) is 0 Å². The lowest BCUT2D eigenvalue weighted by molar-refractivity contribution is -0.171. The molecular weight excluding hydrogens is 294 g/mol. The molecule has 0 aliphatic carbocycles. The summed E-state index contributed by atoms with van der Waals surface area (Å²) in [5.41, 5.74) is 1.12. The summed E-state index contributed by atoms with van der Waals surface area (Å²) in [4.78, 5) is 11.9. The highest BCUT2D eigenvalue weighted by Crippen LogP contribution is 2.43. The number of ether oxygens (including phenoxy) is 1. The van der Waals surface area contributed by atoms with Gasteiger partial charge in [-0.3, -0.25) is 4.79 Å². The molecule has 0 aromatic heterocycles. The van der Waals surface area contributed by atoms with Gasteiger partial charge in [0.1, 0.15) is 0 Å². The van der Waals surface area contributed by atoms with Gasteiger partial charge in [-0.15, -0.1) is 0 Å². The Morgan fingerprint density at radius 3 is 1.91 bits per heavy atom. The van der Waals surface area contributed by atoms with Crippen molar-refractivity contribution >= 4 is 14.2 Å². The molecule has 1 amide bonds. The van der Waals surface area contributed by atoms with E-state index in [0.717, 1.165) is 0 Å². The Morgan fingerprint density at radius 2 is 1.55 bits per heavy atom. The van der Waals surface area contributed by atoms with Crippen LogP contribution >= 0.6 is 0 Å². The highest BCUT2D eigenvalue weighted by atomic mass is 28.4. The summed E-state index contributed by atoms with van der Waals surface area (Å²) in [7, 11) is -1.97. The molecule has 5 heteroatoms. The van der Waals surface area contributed by atoms with Gasteiger partial charge in [0.25, 0.3) is 0 Å². The van der Waals surface area contributed by atoms with Crippen LogP contribution in [0.15, 0.2) is 0 Å². The summed E-state index contributed by atoms with van der Waals surface area (Å²) >= 11 is 0. The Balaban J connectivity index is 2.96. The van der Waals surface area contributed by atoms with Crippen molar-refractivity contribution in [3.05, 3.63) is 0 Å². The smallest absolute Gasteiger partial charge is 0.224 e. The van der Waals surface area contributed by atoms with Gasteiger partial charge in [0.05, 0.1) is 18.1 Å². The van der Waals surface area contributed by atoms with E-state index in [2.05, 4.69) is 46.9 Å². The molecule has 0 saturated carbocycles. The molecule has 0 aromatic carbocycles. The molecule has 0 bridgehead atoms. The SMILES string of the molecule is CC(C)[Si](O[C@H](C)[C@H]1NC(=O)CC(C)(C)O1)(C(C)C)C(C)C. The maximum Gasteiger partial charge on any atom is 0.224 e. The topological polar surface area (TPSA) is 47.6 Å². The summed E-state index contributed by atoms with van der Waals surface area (Å²) in [6.45, 7) is 19.6. The van der Waals surface area contributed by atoms with E-state index in [9.17, 15) is 4.79 Å². The second kappa shape index (κ2) is 7.01. The second-order valence-electron chi connectivity index (χ2n) is 8.18. The molecule has 0 unspecified atom stereocenters. The minimum Gasteiger partial charge on any atom is -0.409 e. The molecule has 130 valence electrons. The van der Waals surface area contributed by atoms with Crippen LogP contribution in [-0.4, -0.2) is 32.2 Å². The number of carbonyl (C=O) groups is 1. The third-order valence-electron chi connectivity index (χ3n) is 4.86. The van der Waals surface area contributed by atoms with Crippen LogP contribution in [0.25, 0.3) is 0 Å². The first kappa shape index (κ1) is 19.7. The van der Waals surface area contributed by atoms with E-state index in [1.54, 1.807) is 0 Å². The summed E-state index contributed by atoms with van der Waals surface area (Å²) in [6.07, 6.45) is -0.0982. The Hall–Kier alpha value is -0.393. The molecule has 1 fully saturated rings. The van der Waals surface area contributed by atoms with Gasteiger partial charge in [-0.2, -0.15) is 0 Å². The molecule has 0 spiro atoms. The molecule has 1 aliphatic heterocycles. The van der Waals surface area contributed by atoms with E-state index in [-0.39, 0.29) is 18.2 Å². The third kappa shape index (κ3) is 4.12. The Morgan fingerprint density at radius 1 is 1.09 bits per heavy atom. The van der Waals surface area contributed by atoms with Crippen LogP contribution in [0.2, 0.25) is 16.6 Å². The van der Waals surface area contributed by atoms with Crippen LogP contribution in [0.4, 0.5) is 0 Å². The fourth-order valence-electron chi connectivity index (χ4n) is 4.02. The first-order valence-electron chi connectivity index (χ1n) is 8.57. The van der Waals surface area contributed by atoms with E-state index < -0.39 is 13.9 Å². The van der Waals surface area contributed by atoms with Crippen molar-refractivity contribution in [1.82, 2.24) is 5.32 Å². The predicted molar refractivity (Wildman–Crippen MR) is 93.3 cm³/mol. The number of amides is 1. The van der Waals surface area contributed by atoms with Crippen molar-refractivity contribution in [2.24, 2.45) is 0 Å². The summed E-state index contributed by atoms with van der Waals surface area (Å²) in [5, 5.41) is 2.95. The number of carbonyl (C=O) groups excluding carboxylic acids is 1. The lowest BCUT2D eigenvalue weighted by Gasteiger charge is -2.47. The molecule has 0 radical (unpaired) electrons. The molecule has 1 aliphatic rings. The van der Waals surface area contributed by atoms with Gasteiger partial charge < -0.3 is 14.5 Å². The van der Waals surface area contributed by atoms with Crippen molar-refractivity contribution < 1.29 is 14.0 Å². The number of hydrogen-bond acceptors (Lipinski definition) is 3. The molecule has 0 aromatic rings. The lowest BCUT2D eigenvalue weighted by atomic mass is 10.0. The van der Waals surface area contributed by atoms with Crippen molar-refractivity contribution in [3.8, 4) is 0 Å². The lowest BCUT2D eigenvalue weighted by Crippen LogP contribution is -2.59. The number of hydrogen-bond donors (Lipinski definition) is 1. The standard InChI is InChI=1S/C17H35NO3Si/c1-11(2)22(12(3)4,13(5)6)21-14(7)16-18-15(19)10-17(8,9)20-16/h11-14,16H,10H2,1-9H3,(H,18,19)/t14-,16+/m1/s1. The highest BCUT2D eigenvalue weighted by Gasteiger charge is 2.48. The van der Waals surface area contributed by atoms with Crippen molar-refractivity contribution in [3.63, 3.8) is 0 Å². The highest BCUT2D eigenvalue weighted by molar-refractivity contribution is 6.77. The van der Waals surface area contributed by atoms with Crippen LogP contribution < -0.4 is 5.32 Å². The van der Waals surface area contributed by atoms with Crippen LogP contribution in [0.5, 0.6) is 0 Å². The van der Waals surface area contributed by atoms with Gasteiger partial charge >= 0.3 is 0 Å². The van der Waals surface area contributed by atoms with Gasteiger partial charge in [-0.05, 0) is 37.4 Å². The van der Waals surface area contributed by atoms with E-state index in [1.807, 2.05) is 20.8 Å². The quantitative estimate of drug-likeness (QED) is 0.743. The maximum atomic E-state index is 11.9. The van der Waals surface area contributed by atoms with Crippen LogP contribution in [0, 0.1) is 0 Å². The number of rotatable bonds is 6. The fourth-order valence-corrected chi connectivity index (χ4v) is 9.60. The molecule has 22 heavy (non-hydrogen) atoms. The zero-order valence-electron chi connectivity index (χ0n) is 15.8. The predicted octanol–water partition coefficient (Wildman–Crippen LogP) is 4.21. The molecule has 1 saturated heterocycles. The largest absolute Gasteiger partial charge is 0.409 e. The van der Waals surface area contributed by atoms with E-state index in [4.69, 9.17) is 9.16 Å². The maximum absolute atomic E-state index is 11.9. The van der Waals surface area contributed by atoms with Crippen molar-refractivity contribution in [1.29, 1.82) is 0 Å². The summed E-state index contributed by atoms with van der Waals surface area (Å²) < 4.78 is 12.8. The zero-order chi connectivity index (χ0) is 17.3. The van der Waals surface area contributed by atoms with E-state index in [1.165, 1.54) is 0 Å². The summed E-state index contributed by atoms with van der Waals surface area (Å²) in [6, 6.07) is 0. The van der Waals surface area contributed by atoms with Crippen molar-refractivity contribution in [2.75, 3.05) is 0 Å². The Bertz CT molecular complexity index is 372. The molecule has 1 rings (SSSR count). The first-order chi connectivity index (χ1) is 9.92. The molecule has 4 nitrogen and oxygen atoms in total. The first-order valence-corrected chi connectivity index (χ1v) is 10.7. The Labute approximate surface area is 137 Å². The van der Waals surface area contributed by atoms with E-state index >= 15 is 0 Å². The van der Waals surface area contributed by atoms with Crippen LogP contribution in [0.3, 0.4) is 0 Å². The minimum atomic E-state index is -1.97. The Kier molecular flexibility index (Phi) is 6.27. The normalized spacial score (nSPS) is 24.0. The van der Waals surface area contributed by atoms with Gasteiger partial charge in [0.15, 0.2) is 6.23 Å². The van der Waals surface area contributed by atoms with Crippen LogP contribution in [0.1, 0.15) is 68.7 Å². The van der Waals surface area contributed by atoms with Gasteiger partial charge in [-0.1, -0.05) is 41.5 Å². The van der Waals surface area contributed by atoms with Crippen molar-refractivity contribution in [2.45, 2.75) is 103 Å². The third-order valence-corrected chi connectivity index (χ3v) is 11.1. The molecule has 2 atom stereocenters. The van der Waals surface area contributed by atoms with Gasteiger partial charge in [0, 0.05) is 0 Å². The fraction of sp³-hybridized carbons (Fsp3) is 0.941. The molecule has 1 heterocycles. The van der Waals surface area contributed by atoms with Gasteiger partial charge in [0.2, 0.25) is 14.2 Å². The average molecular weight is 330 g/mol. The zero-order valence-corrected chi connectivity index (χ0v) is 16.8. The van der Waals surface area contributed by atoms with Crippen LogP contribution in [-0.2, 0) is 14.0 Å². The minimum absolute atomic E-state index is 0.0441. The summed E-state index contributed by atoms with van der Waals surface area (Å²) in [5.74, 6) is 0.0441. The monoisotopic (exact) mass is 329 g/mol. The molecule has 1 N–H and O–H groups in total. The molecular formula is C17H35NO3Si. The second-order valence-corrected chi connectivity index (χ2v) is 13.6. The number of nitrogens with one attached hydrogen (secondary N) is 1. The van der Waals surface area contributed by atoms with E-state index in [0.29, 0.717) is 23.0 Å². The average Bonchev–Trinajstić information content (AvgIpc) is 2.31.